The molecule has 1 amide bonds. The van der Waals surface area contributed by atoms with E-state index in [2.05, 4.69) is 39.1 Å². The van der Waals surface area contributed by atoms with Gasteiger partial charge in [0.2, 0.25) is 11.9 Å². The van der Waals surface area contributed by atoms with E-state index in [-0.39, 0.29) is 11.3 Å². The van der Waals surface area contributed by atoms with Crippen LogP contribution in [0.25, 0.3) is 0 Å². The Bertz CT molecular complexity index is 843. The Morgan fingerprint density at radius 3 is 2.64 bits per heavy atom. The van der Waals surface area contributed by atoms with Crippen molar-refractivity contribution in [2.45, 2.75) is 31.1 Å². The number of aromatic nitrogens is 2. The summed E-state index contributed by atoms with van der Waals surface area (Å²) in [5.41, 5.74) is 2.37. The number of hydrogen-bond donors (Lipinski definition) is 0. The summed E-state index contributed by atoms with van der Waals surface area (Å²) in [5.74, 6) is 1.49. The van der Waals surface area contributed by atoms with E-state index in [0.29, 0.717) is 12.3 Å². The highest BCUT2D eigenvalue weighted by Gasteiger charge is 2.45. The molecule has 5 rings (SSSR count). The van der Waals surface area contributed by atoms with Crippen LogP contribution < -0.4 is 9.80 Å². The molecule has 0 N–H and O–H groups in total. The second-order valence-corrected chi connectivity index (χ2v) is 8.24. The minimum atomic E-state index is -0.0678. The number of amides is 1. The zero-order valence-electron chi connectivity index (χ0n) is 16.1. The molecule has 1 atom stereocenters. The first-order valence-electron chi connectivity index (χ1n) is 10.2. The van der Waals surface area contributed by atoms with Crippen molar-refractivity contribution >= 4 is 17.5 Å². The number of ether oxygens (including phenoxy) is 1. The van der Waals surface area contributed by atoms with Crippen LogP contribution >= 0.6 is 0 Å². The molecule has 2 aromatic rings. The first-order valence-corrected chi connectivity index (χ1v) is 10.2. The Hall–Kier alpha value is -2.47. The average Bonchev–Trinajstić information content (AvgIpc) is 3.26. The van der Waals surface area contributed by atoms with Gasteiger partial charge in [0.15, 0.2) is 0 Å². The highest BCUT2D eigenvalue weighted by atomic mass is 16.5. The maximum Gasteiger partial charge on any atom is 0.227 e. The molecule has 0 radical (unpaired) electrons. The van der Waals surface area contributed by atoms with E-state index in [1.165, 1.54) is 5.56 Å². The zero-order valence-corrected chi connectivity index (χ0v) is 16.1. The fraction of sp³-hybridized carbons (Fsp3) is 0.500. The number of piperidine rings is 1. The molecule has 6 heteroatoms. The predicted molar refractivity (Wildman–Crippen MR) is 107 cm³/mol. The van der Waals surface area contributed by atoms with Crippen LogP contribution in [-0.2, 0) is 14.9 Å². The Balaban J connectivity index is 1.40. The smallest absolute Gasteiger partial charge is 0.227 e. The van der Waals surface area contributed by atoms with Crippen molar-refractivity contribution in [1.29, 1.82) is 0 Å². The van der Waals surface area contributed by atoms with Crippen LogP contribution in [0.1, 0.15) is 31.2 Å². The van der Waals surface area contributed by atoms with Gasteiger partial charge in [-0.05, 0) is 37.0 Å². The summed E-state index contributed by atoms with van der Waals surface area (Å²) in [5, 5.41) is 0. The third-order valence-corrected chi connectivity index (χ3v) is 6.58. The van der Waals surface area contributed by atoms with Crippen molar-refractivity contribution in [3.05, 3.63) is 48.3 Å². The highest BCUT2D eigenvalue weighted by Crippen LogP contribution is 2.47. The van der Waals surface area contributed by atoms with E-state index in [9.17, 15) is 4.79 Å². The third kappa shape index (κ3) is 3.05. The number of hydrogen-bond acceptors (Lipinski definition) is 5. The number of nitrogens with zero attached hydrogens (tertiary/aromatic N) is 4. The maximum absolute atomic E-state index is 13.2. The van der Waals surface area contributed by atoms with Gasteiger partial charge in [0, 0.05) is 62.1 Å². The lowest BCUT2D eigenvalue weighted by atomic mass is 9.67. The fourth-order valence-electron chi connectivity index (χ4n) is 4.99. The number of benzene rings is 1. The lowest BCUT2D eigenvalue weighted by molar-refractivity contribution is -0.120. The van der Waals surface area contributed by atoms with E-state index >= 15 is 0 Å². The van der Waals surface area contributed by atoms with Crippen LogP contribution in [-0.4, -0.2) is 48.7 Å². The Morgan fingerprint density at radius 1 is 1.11 bits per heavy atom. The molecule has 4 heterocycles. The van der Waals surface area contributed by atoms with Gasteiger partial charge in [0.05, 0.1) is 6.61 Å². The van der Waals surface area contributed by atoms with Gasteiger partial charge in [-0.1, -0.05) is 18.2 Å². The molecule has 0 bridgehead atoms. The van der Waals surface area contributed by atoms with Crippen molar-refractivity contribution in [3.63, 3.8) is 0 Å². The molecule has 146 valence electrons. The molecule has 3 aliphatic heterocycles. The minimum Gasteiger partial charge on any atom is -0.381 e. The summed E-state index contributed by atoms with van der Waals surface area (Å²) in [7, 11) is 0. The first-order chi connectivity index (χ1) is 13.8. The largest absolute Gasteiger partial charge is 0.381 e. The molecule has 0 aliphatic carbocycles. The van der Waals surface area contributed by atoms with Crippen molar-refractivity contribution in [2.24, 2.45) is 5.92 Å². The van der Waals surface area contributed by atoms with E-state index in [0.717, 1.165) is 63.7 Å². The molecule has 28 heavy (non-hydrogen) atoms. The molecule has 6 nitrogen and oxygen atoms in total. The Morgan fingerprint density at radius 2 is 1.89 bits per heavy atom. The van der Waals surface area contributed by atoms with Crippen molar-refractivity contribution in [1.82, 2.24) is 9.97 Å². The summed E-state index contributed by atoms with van der Waals surface area (Å²) in [6, 6.07) is 10.4. The number of carbonyl (C=O) groups is 1. The summed E-state index contributed by atoms with van der Waals surface area (Å²) in [4.78, 5) is 26.3. The zero-order chi connectivity index (χ0) is 19.0. The fourth-order valence-corrected chi connectivity index (χ4v) is 4.99. The second kappa shape index (κ2) is 7.17. The quantitative estimate of drug-likeness (QED) is 0.822. The van der Waals surface area contributed by atoms with E-state index < -0.39 is 0 Å². The summed E-state index contributed by atoms with van der Waals surface area (Å²) >= 11 is 0. The van der Waals surface area contributed by atoms with Crippen LogP contribution in [0.4, 0.5) is 11.6 Å². The number of fused-ring (bicyclic) bond motifs is 2. The van der Waals surface area contributed by atoms with Gasteiger partial charge in [-0.3, -0.25) is 4.79 Å². The molecule has 2 saturated heterocycles. The lowest BCUT2D eigenvalue weighted by Crippen LogP contribution is -2.51. The molecular formula is C22H26N4O2. The number of anilines is 2. The van der Waals surface area contributed by atoms with Crippen molar-refractivity contribution in [2.75, 3.05) is 42.6 Å². The van der Waals surface area contributed by atoms with Crippen LogP contribution in [0.15, 0.2) is 42.7 Å². The van der Waals surface area contributed by atoms with E-state index in [1.807, 2.05) is 11.0 Å². The topological polar surface area (TPSA) is 58.6 Å². The van der Waals surface area contributed by atoms with Crippen LogP contribution in [0.2, 0.25) is 0 Å². The average molecular weight is 378 g/mol. The van der Waals surface area contributed by atoms with Gasteiger partial charge in [-0.15, -0.1) is 0 Å². The second-order valence-electron chi connectivity index (χ2n) is 8.24. The predicted octanol–water partition coefficient (Wildman–Crippen LogP) is 2.79. The molecule has 1 unspecified atom stereocenters. The molecule has 3 aliphatic rings. The maximum atomic E-state index is 13.2. The Kier molecular flexibility index (Phi) is 4.51. The number of rotatable bonds is 3. The van der Waals surface area contributed by atoms with Crippen LogP contribution in [0.5, 0.6) is 0 Å². The standard InChI is InChI=1S/C22H26N4O2/c27-20-14-22(7-11-25(12-8-22)21-23-9-3-10-24-21)18-4-1-2-5-19(18)26(20)15-17-6-13-28-16-17/h1-5,9-10,17H,6-8,11-16H2. The Labute approximate surface area is 165 Å². The van der Waals surface area contributed by atoms with Crippen molar-refractivity contribution < 1.29 is 9.53 Å². The minimum absolute atomic E-state index is 0.0678. The normalized spacial score (nSPS) is 23.9. The van der Waals surface area contributed by atoms with Gasteiger partial charge in [-0.25, -0.2) is 9.97 Å². The van der Waals surface area contributed by atoms with Crippen molar-refractivity contribution in [3.8, 4) is 0 Å². The highest BCUT2D eigenvalue weighted by molar-refractivity contribution is 5.98. The molecular weight excluding hydrogens is 352 g/mol. The number of carbonyl (C=O) groups excluding carboxylic acids is 1. The number of para-hydroxylation sites is 1. The molecule has 0 saturated carbocycles. The van der Waals surface area contributed by atoms with Crippen LogP contribution in [0, 0.1) is 5.92 Å². The summed E-state index contributed by atoms with van der Waals surface area (Å²) in [6.07, 6.45) is 7.13. The third-order valence-electron chi connectivity index (χ3n) is 6.58. The molecule has 1 aromatic heterocycles. The first kappa shape index (κ1) is 17.6. The monoisotopic (exact) mass is 378 g/mol. The van der Waals surface area contributed by atoms with Gasteiger partial charge < -0.3 is 14.5 Å². The van der Waals surface area contributed by atoms with E-state index in [4.69, 9.17) is 4.74 Å². The van der Waals surface area contributed by atoms with Gasteiger partial charge >= 0.3 is 0 Å². The molecule has 2 fully saturated rings. The van der Waals surface area contributed by atoms with Gasteiger partial charge in [-0.2, -0.15) is 0 Å². The van der Waals surface area contributed by atoms with E-state index in [1.54, 1.807) is 12.4 Å². The van der Waals surface area contributed by atoms with Crippen LogP contribution in [0.3, 0.4) is 0 Å². The SMILES string of the molecule is O=C1CC2(CCN(c3ncccn3)CC2)c2ccccc2N1CC1CCOC1. The molecule has 1 spiro atoms. The van der Waals surface area contributed by atoms with Gasteiger partial charge in [0.25, 0.3) is 0 Å². The van der Waals surface area contributed by atoms with Gasteiger partial charge in [0.1, 0.15) is 0 Å². The lowest BCUT2D eigenvalue weighted by Gasteiger charge is -2.47. The summed E-state index contributed by atoms with van der Waals surface area (Å²) < 4.78 is 5.53. The molecule has 1 aromatic carbocycles. The summed E-state index contributed by atoms with van der Waals surface area (Å²) in [6.45, 7) is 4.11.